The fourth-order valence-corrected chi connectivity index (χ4v) is 1.76. The Hall–Kier alpha value is -1.75. The van der Waals surface area contributed by atoms with E-state index in [2.05, 4.69) is 0 Å². The van der Waals surface area contributed by atoms with E-state index in [-0.39, 0.29) is 18.6 Å². The van der Waals surface area contributed by atoms with Gasteiger partial charge in [0.2, 0.25) is 0 Å². The van der Waals surface area contributed by atoms with E-state index in [1.807, 2.05) is 43.0 Å². The van der Waals surface area contributed by atoms with Gasteiger partial charge >= 0.3 is 5.97 Å². The molecule has 0 bridgehead atoms. The molecule has 0 unspecified atom stereocenters. The SMILES string of the molecule is COC(=O)CN(CCOc1ccccc1OC)C(C)C. The van der Waals surface area contributed by atoms with Gasteiger partial charge < -0.3 is 14.2 Å². The summed E-state index contributed by atoms with van der Waals surface area (Å²) in [4.78, 5) is 13.3. The number of rotatable bonds is 8. The largest absolute Gasteiger partial charge is 0.493 e. The van der Waals surface area contributed by atoms with E-state index in [0.717, 1.165) is 0 Å². The van der Waals surface area contributed by atoms with Gasteiger partial charge in [-0.3, -0.25) is 9.69 Å². The monoisotopic (exact) mass is 281 g/mol. The van der Waals surface area contributed by atoms with Gasteiger partial charge in [0.05, 0.1) is 20.8 Å². The number of carbonyl (C=O) groups excluding carboxylic acids is 1. The molecule has 1 rings (SSSR count). The molecule has 1 aromatic carbocycles. The normalized spacial score (nSPS) is 10.7. The second-order valence-corrected chi connectivity index (χ2v) is 4.64. The van der Waals surface area contributed by atoms with Gasteiger partial charge in [-0.15, -0.1) is 0 Å². The number of benzene rings is 1. The maximum atomic E-state index is 11.3. The number of hydrogen-bond acceptors (Lipinski definition) is 5. The first-order chi connectivity index (χ1) is 9.58. The second kappa shape index (κ2) is 8.43. The van der Waals surface area contributed by atoms with Crippen LogP contribution >= 0.6 is 0 Å². The first kappa shape index (κ1) is 16.3. The smallest absolute Gasteiger partial charge is 0.319 e. The molecule has 112 valence electrons. The van der Waals surface area contributed by atoms with Crippen molar-refractivity contribution in [2.75, 3.05) is 33.9 Å². The molecule has 0 N–H and O–H groups in total. The van der Waals surface area contributed by atoms with Gasteiger partial charge in [0.15, 0.2) is 11.5 Å². The van der Waals surface area contributed by atoms with Crippen molar-refractivity contribution < 1.29 is 19.0 Å². The van der Waals surface area contributed by atoms with E-state index in [1.165, 1.54) is 7.11 Å². The molecule has 0 aliphatic carbocycles. The minimum absolute atomic E-state index is 0.240. The Morgan fingerprint density at radius 1 is 1.20 bits per heavy atom. The molecule has 0 aliphatic rings. The number of ether oxygens (including phenoxy) is 3. The average molecular weight is 281 g/mol. The zero-order valence-electron chi connectivity index (χ0n) is 12.6. The molecule has 1 aromatic rings. The van der Waals surface area contributed by atoms with Crippen LogP contribution in [0.15, 0.2) is 24.3 Å². The highest BCUT2D eigenvalue weighted by Gasteiger charge is 2.14. The fraction of sp³-hybridized carbons (Fsp3) is 0.533. The first-order valence-electron chi connectivity index (χ1n) is 6.65. The minimum atomic E-state index is -0.240. The molecular formula is C15H23NO4. The van der Waals surface area contributed by atoms with Crippen molar-refractivity contribution in [3.8, 4) is 11.5 Å². The quantitative estimate of drug-likeness (QED) is 0.682. The van der Waals surface area contributed by atoms with Crippen LogP contribution in [0.25, 0.3) is 0 Å². The van der Waals surface area contributed by atoms with Crippen molar-refractivity contribution in [3.63, 3.8) is 0 Å². The molecule has 0 saturated heterocycles. The molecule has 0 amide bonds. The van der Waals surface area contributed by atoms with Crippen molar-refractivity contribution in [2.45, 2.75) is 19.9 Å². The number of esters is 1. The number of nitrogens with zero attached hydrogens (tertiary/aromatic N) is 1. The molecule has 0 spiro atoms. The molecule has 0 atom stereocenters. The lowest BCUT2D eigenvalue weighted by Crippen LogP contribution is -2.39. The summed E-state index contributed by atoms with van der Waals surface area (Å²) in [7, 11) is 3.01. The van der Waals surface area contributed by atoms with E-state index in [9.17, 15) is 4.79 Å². The zero-order chi connectivity index (χ0) is 15.0. The Bertz CT molecular complexity index is 420. The van der Waals surface area contributed by atoms with Crippen molar-refractivity contribution >= 4 is 5.97 Å². The summed E-state index contributed by atoms with van der Waals surface area (Å²) in [6.45, 7) is 5.46. The van der Waals surface area contributed by atoms with Gasteiger partial charge in [-0.1, -0.05) is 12.1 Å². The van der Waals surface area contributed by atoms with Crippen molar-refractivity contribution in [1.29, 1.82) is 0 Å². The maximum Gasteiger partial charge on any atom is 0.319 e. The Kier molecular flexibility index (Phi) is 6.87. The van der Waals surface area contributed by atoms with Gasteiger partial charge in [-0.05, 0) is 26.0 Å². The molecule has 5 nitrogen and oxygen atoms in total. The molecule has 0 saturated carbocycles. The number of hydrogen-bond donors (Lipinski definition) is 0. The molecule has 20 heavy (non-hydrogen) atoms. The summed E-state index contributed by atoms with van der Waals surface area (Å²) in [5.74, 6) is 1.17. The summed E-state index contributed by atoms with van der Waals surface area (Å²) >= 11 is 0. The molecule has 0 fully saturated rings. The summed E-state index contributed by atoms with van der Waals surface area (Å²) in [6.07, 6.45) is 0. The highest BCUT2D eigenvalue weighted by molar-refractivity contribution is 5.71. The van der Waals surface area contributed by atoms with Crippen LogP contribution in [0.2, 0.25) is 0 Å². The van der Waals surface area contributed by atoms with Crippen LogP contribution in [0.4, 0.5) is 0 Å². The number of carbonyl (C=O) groups is 1. The molecular weight excluding hydrogens is 258 g/mol. The molecule has 0 aliphatic heterocycles. The van der Waals surface area contributed by atoms with Crippen LogP contribution in [-0.2, 0) is 9.53 Å². The molecule has 5 heteroatoms. The molecule has 0 aromatic heterocycles. The van der Waals surface area contributed by atoms with E-state index in [0.29, 0.717) is 24.7 Å². The van der Waals surface area contributed by atoms with Crippen LogP contribution in [0, 0.1) is 0 Å². The van der Waals surface area contributed by atoms with Gasteiger partial charge in [-0.25, -0.2) is 0 Å². The summed E-state index contributed by atoms with van der Waals surface area (Å²) in [5.41, 5.74) is 0. The third-order valence-electron chi connectivity index (χ3n) is 3.00. The summed E-state index contributed by atoms with van der Waals surface area (Å²) in [5, 5.41) is 0. The van der Waals surface area contributed by atoms with Gasteiger partial charge in [0.25, 0.3) is 0 Å². The summed E-state index contributed by atoms with van der Waals surface area (Å²) in [6, 6.07) is 7.74. The number of methoxy groups -OCH3 is 2. The average Bonchev–Trinajstić information content (AvgIpc) is 2.46. The minimum Gasteiger partial charge on any atom is -0.493 e. The lowest BCUT2D eigenvalue weighted by Gasteiger charge is -2.25. The third-order valence-corrected chi connectivity index (χ3v) is 3.00. The highest BCUT2D eigenvalue weighted by Crippen LogP contribution is 2.25. The lowest BCUT2D eigenvalue weighted by atomic mass is 10.3. The Morgan fingerprint density at radius 3 is 2.40 bits per heavy atom. The predicted octanol–water partition coefficient (Wildman–Crippen LogP) is 1.96. The lowest BCUT2D eigenvalue weighted by molar-refractivity contribution is -0.142. The predicted molar refractivity (Wildman–Crippen MR) is 77.2 cm³/mol. The van der Waals surface area contributed by atoms with Crippen LogP contribution in [0.1, 0.15) is 13.8 Å². The van der Waals surface area contributed by atoms with Crippen LogP contribution in [0.3, 0.4) is 0 Å². The van der Waals surface area contributed by atoms with Gasteiger partial charge in [0, 0.05) is 12.6 Å². The standard InChI is InChI=1S/C15H23NO4/c1-12(2)16(11-15(17)19-4)9-10-20-14-8-6-5-7-13(14)18-3/h5-8,12H,9-11H2,1-4H3. The Labute approximate surface area is 120 Å². The van der Waals surface area contributed by atoms with Crippen LogP contribution < -0.4 is 9.47 Å². The van der Waals surface area contributed by atoms with Crippen molar-refractivity contribution in [3.05, 3.63) is 24.3 Å². The Morgan fingerprint density at radius 2 is 1.85 bits per heavy atom. The van der Waals surface area contributed by atoms with E-state index in [4.69, 9.17) is 14.2 Å². The van der Waals surface area contributed by atoms with Crippen LogP contribution in [-0.4, -0.2) is 50.8 Å². The number of para-hydroxylation sites is 2. The fourth-order valence-electron chi connectivity index (χ4n) is 1.76. The van der Waals surface area contributed by atoms with E-state index >= 15 is 0 Å². The first-order valence-corrected chi connectivity index (χ1v) is 6.65. The summed E-state index contributed by atoms with van der Waals surface area (Å²) < 4.78 is 15.6. The highest BCUT2D eigenvalue weighted by atomic mass is 16.5. The topological polar surface area (TPSA) is 48.0 Å². The van der Waals surface area contributed by atoms with E-state index < -0.39 is 0 Å². The van der Waals surface area contributed by atoms with Gasteiger partial charge in [-0.2, -0.15) is 0 Å². The van der Waals surface area contributed by atoms with Crippen molar-refractivity contribution in [1.82, 2.24) is 4.90 Å². The van der Waals surface area contributed by atoms with E-state index in [1.54, 1.807) is 7.11 Å². The van der Waals surface area contributed by atoms with Crippen molar-refractivity contribution in [2.24, 2.45) is 0 Å². The maximum absolute atomic E-state index is 11.3. The third kappa shape index (κ3) is 5.09. The Balaban J connectivity index is 2.49. The van der Waals surface area contributed by atoms with Gasteiger partial charge in [0.1, 0.15) is 6.61 Å². The second-order valence-electron chi connectivity index (χ2n) is 4.64. The zero-order valence-corrected chi connectivity index (χ0v) is 12.6. The van der Waals surface area contributed by atoms with Crippen LogP contribution in [0.5, 0.6) is 11.5 Å². The molecule has 0 radical (unpaired) electrons. The molecule has 0 heterocycles.